The van der Waals surface area contributed by atoms with E-state index in [0.717, 1.165) is 34.1 Å². The number of amides is 12. The van der Waals surface area contributed by atoms with Gasteiger partial charge >= 0.3 is 0 Å². The normalized spacial score (nSPS) is 14.4. The summed E-state index contributed by atoms with van der Waals surface area (Å²) < 4.78 is 10.6. The number of nitrogens with zero attached hydrogens (tertiary/aromatic N) is 2. The number of nitrogens with one attached hydrogen (secondary N) is 6. The molecule has 2 rings (SSSR count). The molecule has 0 bridgehead atoms. The third kappa shape index (κ3) is 16.2. The topological polar surface area (TPSA) is 302 Å². The molecule has 2 heterocycles. The van der Waals surface area contributed by atoms with Crippen LogP contribution in [0.4, 0.5) is 0 Å². The first-order chi connectivity index (χ1) is 25.4. The Hall–Kier alpha value is -6.16. The van der Waals surface area contributed by atoms with Crippen molar-refractivity contribution < 1.29 is 67.0 Å². The molecule has 22 nitrogen and oxygen atoms in total. The minimum atomic E-state index is -1.46. The molecule has 288 valence electrons. The number of rotatable bonds is 26. The fourth-order valence-corrected chi connectivity index (χ4v) is 4.54. The van der Waals surface area contributed by atoms with Gasteiger partial charge in [-0.25, -0.2) is 0 Å². The third-order valence-electron chi connectivity index (χ3n) is 7.15. The molecule has 0 saturated carbocycles. The lowest BCUT2D eigenvalue weighted by atomic mass is 10.1. The van der Waals surface area contributed by atoms with Gasteiger partial charge in [-0.1, -0.05) is 0 Å². The summed E-state index contributed by atoms with van der Waals surface area (Å²) in [5, 5.41) is 13.2. The van der Waals surface area contributed by atoms with Crippen LogP contribution < -0.4 is 31.9 Å². The quantitative estimate of drug-likeness (QED) is 0.0273. The zero-order chi connectivity index (χ0) is 39.2. The zero-order valence-corrected chi connectivity index (χ0v) is 28.4. The number of carbonyl (C=O) groups is 12. The van der Waals surface area contributed by atoms with E-state index in [9.17, 15) is 57.5 Å². The lowest BCUT2D eigenvalue weighted by Gasteiger charge is -2.18. The molecule has 2 aliphatic rings. The Bertz CT molecular complexity index is 1350. The van der Waals surface area contributed by atoms with E-state index >= 15 is 0 Å². The van der Waals surface area contributed by atoms with E-state index in [1.165, 1.54) is 0 Å². The van der Waals surface area contributed by atoms with Gasteiger partial charge in [0.1, 0.15) is 12.1 Å². The molecule has 2 unspecified atom stereocenters. The maximum absolute atomic E-state index is 12.5. The van der Waals surface area contributed by atoms with Crippen molar-refractivity contribution in [1.29, 1.82) is 0 Å². The van der Waals surface area contributed by atoms with E-state index < -0.39 is 84.0 Å². The van der Waals surface area contributed by atoms with Gasteiger partial charge in [0.05, 0.1) is 52.4 Å². The minimum absolute atomic E-state index is 0.000577. The second-order valence-corrected chi connectivity index (χ2v) is 11.0. The van der Waals surface area contributed by atoms with E-state index in [-0.39, 0.29) is 84.7 Å². The fourth-order valence-electron chi connectivity index (χ4n) is 4.54. The first kappa shape index (κ1) is 43.0. The highest BCUT2D eigenvalue weighted by Crippen LogP contribution is 2.04. The fraction of sp³-hybridized carbons (Fsp3) is 0.484. The maximum Gasteiger partial charge on any atom is 0.253 e. The van der Waals surface area contributed by atoms with Crippen molar-refractivity contribution in [2.45, 2.75) is 44.2 Å². The average Bonchev–Trinajstić information content (AvgIpc) is 3.61. The van der Waals surface area contributed by atoms with E-state index in [2.05, 4.69) is 21.3 Å². The van der Waals surface area contributed by atoms with Crippen molar-refractivity contribution >= 4 is 71.9 Å². The Morgan fingerprint density at radius 3 is 1.26 bits per heavy atom. The van der Waals surface area contributed by atoms with Crippen molar-refractivity contribution in [3.63, 3.8) is 0 Å². The Morgan fingerprint density at radius 2 is 0.925 bits per heavy atom. The van der Waals surface area contributed by atoms with Gasteiger partial charge in [0.15, 0.2) is 0 Å². The van der Waals surface area contributed by atoms with Gasteiger partial charge in [-0.05, 0) is 6.42 Å². The van der Waals surface area contributed by atoms with Crippen LogP contribution in [-0.4, -0.2) is 146 Å². The zero-order valence-electron chi connectivity index (χ0n) is 28.4. The average molecular weight is 749 g/mol. The van der Waals surface area contributed by atoms with E-state index in [0.29, 0.717) is 0 Å². The monoisotopic (exact) mass is 748 g/mol. The Labute approximate surface area is 301 Å². The van der Waals surface area contributed by atoms with Crippen LogP contribution in [0, 0.1) is 0 Å². The molecule has 0 aromatic heterocycles. The van der Waals surface area contributed by atoms with Crippen LogP contribution in [0.25, 0.3) is 0 Å². The molecule has 0 aromatic carbocycles. The van der Waals surface area contributed by atoms with Crippen LogP contribution in [0.1, 0.15) is 32.1 Å². The second kappa shape index (κ2) is 23.3. The Morgan fingerprint density at radius 1 is 0.566 bits per heavy atom. The molecule has 22 heteroatoms. The predicted octanol–water partition coefficient (Wildman–Crippen LogP) is -5.43. The van der Waals surface area contributed by atoms with E-state index in [1.807, 2.05) is 10.6 Å². The molecule has 0 aromatic rings. The van der Waals surface area contributed by atoms with Gasteiger partial charge in [0.2, 0.25) is 48.3 Å². The highest BCUT2D eigenvalue weighted by atomic mass is 16.5. The molecule has 12 amide bonds. The number of hydrogen-bond acceptors (Lipinski definition) is 14. The van der Waals surface area contributed by atoms with Gasteiger partial charge in [-0.2, -0.15) is 0 Å². The first-order valence-electron chi connectivity index (χ1n) is 16.2. The van der Waals surface area contributed by atoms with Crippen molar-refractivity contribution in [3.05, 3.63) is 24.3 Å². The predicted molar refractivity (Wildman–Crippen MR) is 175 cm³/mol. The first-order valence-corrected chi connectivity index (χ1v) is 16.2. The Balaban J connectivity index is 1.70. The van der Waals surface area contributed by atoms with Gasteiger partial charge in [-0.3, -0.25) is 78.0 Å². The molecule has 0 saturated heterocycles. The smallest absolute Gasteiger partial charge is 0.253 e. The maximum atomic E-state index is 12.5. The molecule has 2 aliphatic heterocycles. The molecule has 0 radical (unpaired) electrons. The molecule has 53 heavy (non-hydrogen) atoms. The molecule has 2 atom stereocenters. The summed E-state index contributed by atoms with van der Waals surface area (Å²) in [7, 11) is 0. The molecule has 0 fully saturated rings. The van der Waals surface area contributed by atoms with Gasteiger partial charge < -0.3 is 30.7 Å². The number of hydrogen-bond donors (Lipinski definition) is 6. The van der Waals surface area contributed by atoms with Crippen LogP contribution in [0.5, 0.6) is 0 Å². The van der Waals surface area contributed by atoms with Crippen molar-refractivity contribution in [2.24, 2.45) is 0 Å². The lowest BCUT2D eigenvalue weighted by molar-refractivity contribution is -0.139. The van der Waals surface area contributed by atoms with Crippen LogP contribution in [-0.2, 0) is 67.0 Å². The van der Waals surface area contributed by atoms with Crippen molar-refractivity contribution in [2.75, 3.05) is 52.6 Å². The van der Waals surface area contributed by atoms with Crippen LogP contribution in [0.3, 0.4) is 0 Å². The molecular formula is C31H40N8O14. The number of imide groups is 4. The van der Waals surface area contributed by atoms with E-state index in [1.54, 1.807) is 0 Å². The summed E-state index contributed by atoms with van der Waals surface area (Å²) in [6.45, 7) is 0.0260. The van der Waals surface area contributed by atoms with Crippen LogP contribution in [0.15, 0.2) is 24.3 Å². The molecular weight excluding hydrogens is 708 g/mol. The number of carbonyl (C=O) groups excluding carboxylic acids is 12. The van der Waals surface area contributed by atoms with Gasteiger partial charge in [0, 0.05) is 50.2 Å². The van der Waals surface area contributed by atoms with Crippen LogP contribution >= 0.6 is 0 Å². The van der Waals surface area contributed by atoms with Gasteiger partial charge in [0.25, 0.3) is 23.6 Å². The Kier molecular flexibility index (Phi) is 18.9. The summed E-state index contributed by atoms with van der Waals surface area (Å²) in [6.07, 6.45) is 2.78. The van der Waals surface area contributed by atoms with E-state index in [4.69, 9.17) is 9.47 Å². The second-order valence-electron chi connectivity index (χ2n) is 11.0. The highest BCUT2D eigenvalue weighted by molar-refractivity contribution is 6.13. The van der Waals surface area contributed by atoms with Crippen molar-refractivity contribution in [3.8, 4) is 0 Å². The van der Waals surface area contributed by atoms with Gasteiger partial charge in [-0.15, -0.1) is 0 Å². The lowest BCUT2D eigenvalue weighted by Crippen LogP contribution is -2.49. The summed E-state index contributed by atoms with van der Waals surface area (Å²) >= 11 is 0. The molecule has 6 N–H and O–H groups in total. The third-order valence-corrected chi connectivity index (χ3v) is 7.15. The minimum Gasteiger partial charge on any atom is -0.378 e. The SMILES string of the molecule is O=CNC(=O)C(CC(=O)NCCOCCN1C(=O)C=CC1=O)NC(=O)CCCC(=O)NC(CC(=O)NCCOCCN1C(=O)C=CC1=O)C(=O)NC=O. The molecule has 0 spiro atoms. The standard InChI is InChI=1S/C31H40N8O14/c40-18-34-30(50)20(16-24(44)32-8-12-52-14-10-38-26(46)4-5-27(38)47)36-22(42)2-1-3-23(43)37-21(31(51)35-19-41)17-25(45)33-9-13-53-15-11-39-28(48)6-7-29(39)49/h4-7,18-21H,1-3,8-17H2,(H,32,44)(H,33,45)(H,36,42)(H,37,43)(H,34,40,50)(H,35,41,51). The summed E-state index contributed by atoms with van der Waals surface area (Å²) in [5.41, 5.74) is 0. The summed E-state index contributed by atoms with van der Waals surface area (Å²) in [5.74, 6) is -6.70. The van der Waals surface area contributed by atoms with Crippen LogP contribution in [0.2, 0.25) is 0 Å². The summed E-state index contributed by atoms with van der Waals surface area (Å²) in [4.78, 5) is 144. The summed E-state index contributed by atoms with van der Waals surface area (Å²) in [6, 6.07) is -2.92. The molecule has 0 aliphatic carbocycles. The number of ether oxygens (including phenoxy) is 2. The largest absolute Gasteiger partial charge is 0.378 e. The highest BCUT2D eigenvalue weighted by Gasteiger charge is 2.26. The van der Waals surface area contributed by atoms with Crippen molar-refractivity contribution in [1.82, 2.24) is 41.7 Å².